The lowest BCUT2D eigenvalue weighted by atomic mass is 10.1. The second kappa shape index (κ2) is 3.98. The van der Waals surface area contributed by atoms with Crippen molar-refractivity contribution in [1.82, 2.24) is 4.98 Å². The van der Waals surface area contributed by atoms with Gasteiger partial charge in [0.2, 0.25) is 0 Å². The summed E-state index contributed by atoms with van der Waals surface area (Å²) >= 11 is 3.27. The van der Waals surface area contributed by atoms with E-state index in [0.717, 1.165) is 10.8 Å². The number of carbonyl (C=O) groups excluding carboxylic acids is 1. The molecule has 0 spiro atoms. The van der Waals surface area contributed by atoms with E-state index in [4.69, 9.17) is 4.74 Å². The minimum Gasteiger partial charge on any atom is -0.465 e. The number of methoxy groups -OCH3 is 1. The first-order chi connectivity index (χ1) is 7.22. The van der Waals surface area contributed by atoms with E-state index >= 15 is 0 Å². The molecule has 1 heterocycles. The summed E-state index contributed by atoms with van der Waals surface area (Å²) in [5, 5.41) is 1.76. The van der Waals surface area contributed by atoms with Crippen LogP contribution in [0, 0.1) is 0 Å². The second-order valence-electron chi connectivity index (χ2n) is 3.03. The monoisotopic (exact) mass is 265 g/mol. The predicted octanol–water partition coefficient (Wildman–Crippen LogP) is 2.78. The lowest BCUT2D eigenvalue weighted by Crippen LogP contribution is -2.01. The SMILES string of the molecule is COC(=O)c1cccc2cnc(Br)cc12. The number of ether oxygens (including phenoxy) is 1. The standard InChI is InChI=1S/C11H8BrNO2/c1-15-11(14)8-4-2-3-7-6-13-10(12)5-9(7)8/h2-6H,1H3. The van der Waals surface area contributed by atoms with Crippen LogP contribution in [-0.2, 0) is 4.74 Å². The molecule has 2 aromatic rings. The highest BCUT2D eigenvalue weighted by Gasteiger charge is 2.09. The van der Waals surface area contributed by atoms with E-state index in [1.54, 1.807) is 12.3 Å². The Bertz CT molecular complexity index is 525. The van der Waals surface area contributed by atoms with E-state index in [2.05, 4.69) is 20.9 Å². The molecule has 15 heavy (non-hydrogen) atoms. The summed E-state index contributed by atoms with van der Waals surface area (Å²) in [7, 11) is 1.37. The average Bonchev–Trinajstić information content (AvgIpc) is 2.27. The van der Waals surface area contributed by atoms with Gasteiger partial charge in [0.05, 0.1) is 12.7 Å². The van der Waals surface area contributed by atoms with Crippen LogP contribution in [0.15, 0.2) is 35.1 Å². The third kappa shape index (κ3) is 1.85. The topological polar surface area (TPSA) is 39.2 Å². The molecule has 0 radical (unpaired) electrons. The molecule has 0 saturated heterocycles. The zero-order valence-electron chi connectivity index (χ0n) is 8.03. The van der Waals surface area contributed by atoms with E-state index in [1.807, 2.05) is 18.2 Å². The first-order valence-corrected chi connectivity index (χ1v) is 5.14. The summed E-state index contributed by atoms with van der Waals surface area (Å²) in [6.45, 7) is 0. The zero-order valence-corrected chi connectivity index (χ0v) is 9.61. The molecule has 0 saturated carbocycles. The summed E-state index contributed by atoms with van der Waals surface area (Å²) in [5.74, 6) is -0.335. The fourth-order valence-corrected chi connectivity index (χ4v) is 1.76. The van der Waals surface area contributed by atoms with Gasteiger partial charge in [-0.05, 0) is 28.1 Å². The van der Waals surface area contributed by atoms with Gasteiger partial charge in [0.15, 0.2) is 0 Å². The molecule has 0 unspecified atom stereocenters. The van der Waals surface area contributed by atoms with Crippen molar-refractivity contribution in [2.24, 2.45) is 0 Å². The Morgan fingerprint density at radius 2 is 2.27 bits per heavy atom. The number of benzene rings is 1. The number of hydrogen-bond donors (Lipinski definition) is 0. The van der Waals surface area contributed by atoms with Crippen LogP contribution in [0.25, 0.3) is 10.8 Å². The molecule has 0 amide bonds. The molecule has 0 fully saturated rings. The maximum atomic E-state index is 11.5. The smallest absolute Gasteiger partial charge is 0.338 e. The molecule has 0 aliphatic heterocycles. The van der Waals surface area contributed by atoms with E-state index in [-0.39, 0.29) is 5.97 Å². The zero-order chi connectivity index (χ0) is 10.8. The van der Waals surface area contributed by atoms with Crippen LogP contribution < -0.4 is 0 Å². The largest absolute Gasteiger partial charge is 0.465 e. The maximum Gasteiger partial charge on any atom is 0.338 e. The van der Waals surface area contributed by atoms with E-state index < -0.39 is 0 Å². The number of hydrogen-bond acceptors (Lipinski definition) is 3. The average molecular weight is 266 g/mol. The van der Waals surface area contributed by atoms with Crippen molar-refractivity contribution in [2.45, 2.75) is 0 Å². The highest BCUT2D eigenvalue weighted by molar-refractivity contribution is 9.10. The van der Waals surface area contributed by atoms with Crippen LogP contribution in [0.4, 0.5) is 0 Å². The van der Waals surface area contributed by atoms with Crippen LogP contribution >= 0.6 is 15.9 Å². The van der Waals surface area contributed by atoms with Crippen molar-refractivity contribution < 1.29 is 9.53 Å². The number of halogens is 1. The number of carbonyl (C=O) groups is 1. The van der Waals surface area contributed by atoms with Crippen LogP contribution in [0.2, 0.25) is 0 Å². The first kappa shape index (κ1) is 10.1. The lowest BCUT2D eigenvalue weighted by Gasteiger charge is -2.04. The summed E-state index contributed by atoms with van der Waals surface area (Å²) in [4.78, 5) is 15.6. The molecular weight excluding hydrogens is 258 g/mol. The van der Waals surface area contributed by atoms with Crippen LogP contribution in [0.5, 0.6) is 0 Å². The predicted molar refractivity (Wildman–Crippen MR) is 60.8 cm³/mol. The maximum absolute atomic E-state index is 11.5. The summed E-state index contributed by atoms with van der Waals surface area (Å²) in [6.07, 6.45) is 1.71. The van der Waals surface area contributed by atoms with Gasteiger partial charge in [0, 0.05) is 17.0 Å². The first-order valence-electron chi connectivity index (χ1n) is 4.35. The molecule has 0 N–H and O–H groups in total. The second-order valence-corrected chi connectivity index (χ2v) is 3.84. The molecule has 0 atom stereocenters. The van der Waals surface area contributed by atoms with Crippen molar-refractivity contribution in [3.8, 4) is 0 Å². The Morgan fingerprint density at radius 1 is 1.47 bits per heavy atom. The van der Waals surface area contributed by atoms with E-state index in [0.29, 0.717) is 10.2 Å². The summed E-state index contributed by atoms with van der Waals surface area (Å²) in [6, 6.07) is 7.26. The van der Waals surface area contributed by atoms with Gasteiger partial charge >= 0.3 is 5.97 Å². The van der Waals surface area contributed by atoms with E-state index in [1.165, 1.54) is 7.11 Å². The minimum absolute atomic E-state index is 0.335. The Labute approximate surface area is 95.2 Å². The molecule has 1 aromatic carbocycles. The highest BCUT2D eigenvalue weighted by atomic mass is 79.9. The molecule has 76 valence electrons. The third-order valence-corrected chi connectivity index (χ3v) is 2.57. The third-order valence-electron chi connectivity index (χ3n) is 2.14. The van der Waals surface area contributed by atoms with E-state index in [9.17, 15) is 4.79 Å². The Kier molecular flexibility index (Phi) is 2.68. The number of fused-ring (bicyclic) bond motifs is 1. The van der Waals surface area contributed by atoms with Gasteiger partial charge in [-0.3, -0.25) is 0 Å². The Morgan fingerprint density at radius 3 is 3.00 bits per heavy atom. The highest BCUT2D eigenvalue weighted by Crippen LogP contribution is 2.21. The number of esters is 1. The van der Waals surface area contributed by atoms with Gasteiger partial charge in [0.1, 0.15) is 4.60 Å². The van der Waals surface area contributed by atoms with Crippen molar-refractivity contribution in [3.63, 3.8) is 0 Å². The van der Waals surface area contributed by atoms with Gasteiger partial charge < -0.3 is 4.74 Å². The molecule has 0 bridgehead atoms. The number of aromatic nitrogens is 1. The quantitative estimate of drug-likeness (QED) is 0.588. The normalized spacial score (nSPS) is 10.3. The van der Waals surface area contributed by atoms with Gasteiger partial charge in [-0.15, -0.1) is 0 Å². The van der Waals surface area contributed by atoms with Gasteiger partial charge in [-0.1, -0.05) is 12.1 Å². The molecule has 0 aliphatic carbocycles. The van der Waals surface area contributed by atoms with Crippen molar-refractivity contribution in [1.29, 1.82) is 0 Å². The van der Waals surface area contributed by atoms with Gasteiger partial charge in [-0.2, -0.15) is 0 Å². The van der Waals surface area contributed by atoms with Crippen molar-refractivity contribution >= 4 is 32.7 Å². The van der Waals surface area contributed by atoms with Crippen LogP contribution in [0.3, 0.4) is 0 Å². The molecule has 3 nitrogen and oxygen atoms in total. The number of pyridine rings is 1. The Balaban J connectivity index is 2.74. The molecule has 4 heteroatoms. The molecule has 0 aliphatic rings. The molecule has 1 aromatic heterocycles. The Hall–Kier alpha value is -1.42. The number of rotatable bonds is 1. The molecule has 2 rings (SSSR count). The minimum atomic E-state index is -0.335. The molecular formula is C11H8BrNO2. The van der Waals surface area contributed by atoms with Crippen molar-refractivity contribution in [2.75, 3.05) is 7.11 Å². The summed E-state index contributed by atoms with van der Waals surface area (Å²) < 4.78 is 5.41. The number of nitrogens with zero attached hydrogens (tertiary/aromatic N) is 1. The lowest BCUT2D eigenvalue weighted by molar-refractivity contribution is 0.0603. The van der Waals surface area contributed by atoms with Crippen LogP contribution in [-0.4, -0.2) is 18.1 Å². The van der Waals surface area contributed by atoms with Gasteiger partial charge in [-0.25, -0.2) is 9.78 Å². The summed E-state index contributed by atoms with van der Waals surface area (Å²) in [5.41, 5.74) is 0.554. The van der Waals surface area contributed by atoms with Gasteiger partial charge in [0.25, 0.3) is 0 Å². The fourth-order valence-electron chi connectivity index (χ4n) is 1.43. The van der Waals surface area contributed by atoms with Crippen molar-refractivity contribution in [3.05, 3.63) is 40.6 Å². The fraction of sp³-hybridized carbons (Fsp3) is 0.0909. The van der Waals surface area contributed by atoms with Crippen LogP contribution in [0.1, 0.15) is 10.4 Å².